The zero-order valence-electron chi connectivity index (χ0n) is 27.5. The summed E-state index contributed by atoms with van der Waals surface area (Å²) in [5, 5.41) is 0.497. The van der Waals surface area contributed by atoms with Gasteiger partial charge in [-0.05, 0) is 76.9 Å². The number of halogens is 1. The Kier molecular flexibility index (Phi) is 9.78. The maximum absolute atomic E-state index is 14.2. The molecule has 0 radical (unpaired) electrons. The molecule has 0 saturated heterocycles. The number of hydrogen-bond donors (Lipinski definition) is 0. The van der Waals surface area contributed by atoms with E-state index in [9.17, 15) is 14.4 Å². The number of nitrogens with zero attached hydrogens (tertiary/aromatic N) is 2. The fourth-order valence-corrected chi connectivity index (χ4v) is 5.50. The fourth-order valence-electron chi connectivity index (χ4n) is 5.37. The highest BCUT2D eigenvalue weighted by atomic mass is 35.5. The van der Waals surface area contributed by atoms with Gasteiger partial charge >= 0.3 is 5.97 Å². The van der Waals surface area contributed by atoms with Crippen LogP contribution in [0.3, 0.4) is 0 Å². The molecule has 3 aromatic heterocycles. The van der Waals surface area contributed by atoms with Crippen molar-refractivity contribution >= 4 is 34.7 Å². The Hall–Kier alpha value is -4.17. The molecule has 4 rings (SSSR count). The van der Waals surface area contributed by atoms with E-state index in [1.165, 1.54) is 0 Å². The lowest BCUT2D eigenvalue weighted by atomic mass is 9.79. The average Bonchev–Trinajstić information content (AvgIpc) is 3.28. The monoisotopic (exact) mass is 632 g/mol. The van der Waals surface area contributed by atoms with Gasteiger partial charge in [0.2, 0.25) is 5.78 Å². The van der Waals surface area contributed by atoms with E-state index in [1.54, 1.807) is 81.1 Å². The maximum Gasteiger partial charge on any atom is 0.311 e. The van der Waals surface area contributed by atoms with Crippen LogP contribution in [0, 0.1) is 24.7 Å². The molecule has 238 valence electrons. The summed E-state index contributed by atoms with van der Waals surface area (Å²) in [6.45, 7) is 15.0. The van der Waals surface area contributed by atoms with E-state index in [0.717, 1.165) is 16.9 Å². The zero-order chi connectivity index (χ0) is 33.3. The van der Waals surface area contributed by atoms with E-state index < -0.39 is 16.8 Å². The molecule has 45 heavy (non-hydrogen) atoms. The molecule has 0 atom stereocenters. The molecule has 0 bridgehead atoms. The van der Waals surface area contributed by atoms with Gasteiger partial charge in [-0.1, -0.05) is 32.4 Å². The standard InChI is InChI=1S/C36H41ClN2O6/c1-10-44-34(42)36(7,8)18-26-29(33(41)35(4,5)6)28-17-25(45-20-27-22(3)32(43-9)21(2)19-38-27)15-16-39(28)30(26)31(40)23-11-13-24(37)14-12-23/h11-17,19H,10,18,20H2,1-9H3. The molecule has 0 aliphatic carbocycles. The lowest BCUT2D eigenvalue weighted by molar-refractivity contribution is -0.153. The van der Waals surface area contributed by atoms with Crippen LogP contribution >= 0.6 is 11.6 Å². The average molecular weight is 633 g/mol. The Morgan fingerprint density at radius 3 is 2.27 bits per heavy atom. The first kappa shape index (κ1) is 33.7. The van der Waals surface area contributed by atoms with Crippen LogP contribution in [0.1, 0.15) is 90.3 Å². The largest absolute Gasteiger partial charge is 0.496 e. The minimum Gasteiger partial charge on any atom is -0.496 e. The second kappa shape index (κ2) is 13.1. The number of benzene rings is 1. The normalized spacial score (nSPS) is 11.9. The third kappa shape index (κ3) is 6.91. The van der Waals surface area contributed by atoms with Crippen LogP contribution in [0.2, 0.25) is 5.02 Å². The summed E-state index contributed by atoms with van der Waals surface area (Å²) in [6.07, 6.45) is 3.57. The number of carbonyl (C=O) groups is 3. The molecule has 1 aromatic carbocycles. The van der Waals surface area contributed by atoms with Crippen molar-refractivity contribution in [3.8, 4) is 11.5 Å². The van der Waals surface area contributed by atoms with Crippen molar-refractivity contribution in [1.82, 2.24) is 9.38 Å². The second-order valence-corrected chi connectivity index (χ2v) is 13.3. The van der Waals surface area contributed by atoms with Crippen molar-refractivity contribution in [2.45, 2.75) is 68.4 Å². The third-order valence-electron chi connectivity index (χ3n) is 7.81. The van der Waals surface area contributed by atoms with Crippen LogP contribution in [0.15, 0.2) is 48.8 Å². The summed E-state index contributed by atoms with van der Waals surface area (Å²) in [7, 11) is 1.62. The number of esters is 1. The minimum atomic E-state index is -1.03. The van der Waals surface area contributed by atoms with Gasteiger partial charge in [-0.3, -0.25) is 19.4 Å². The van der Waals surface area contributed by atoms with E-state index in [4.69, 9.17) is 25.8 Å². The molecule has 8 nitrogen and oxygen atoms in total. The molecule has 0 N–H and O–H groups in total. The Bertz CT molecular complexity index is 1760. The van der Waals surface area contributed by atoms with E-state index in [0.29, 0.717) is 44.4 Å². The summed E-state index contributed by atoms with van der Waals surface area (Å²) in [6, 6.07) is 10.1. The highest BCUT2D eigenvalue weighted by Gasteiger charge is 2.38. The van der Waals surface area contributed by atoms with Crippen molar-refractivity contribution in [3.63, 3.8) is 0 Å². The number of aryl methyl sites for hydroxylation is 1. The van der Waals surface area contributed by atoms with Crippen LogP contribution in [-0.2, 0) is 22.6 Å². The van der Waals surface area contributed by atoms with Gasteiger partial charge in [0.25, 0.3) is 0 Å². The molecule has 0 fully saturated rings. The van der Waals surface area contributed by atoms with E-state index in [-0.39, 0.29) is 31.2 Å². The minimum absolute atomic E-state index is 0.0990. The van der Waals surface area contributed by atoms with Crippen molar-refractivity contribution in [1.29, 1.82) is 0 Å². The number of Topliss-reactive ketones (excluding diaryl/α,β-unsaturated/α-hetero) is 1. The lowest BCUT2D eigenvalue weighted by Gasteiger charge is -2.24. The Balaban J connectivity index is 1.94. The number of ether oxygens (including phenoxy) is 3. The number of carbonyl (C=O) groups excluding carboxylic acids is 3. The number of hydrogen-bond acceptors (Lipinski definition) is 7. The number of aromatic nitrogens is 2. The predicted octanol–water partition coefficient (Wildman–Crippen LogP) is 7.78. The Morgan fingerprint density at radius 1 is 1.00 bits per heavy atom. The molecule has 4 aromatic rings. The lowest BCUT2D eigenvalue weighted by Crippen LogP contribution is -2.31. The Labute approximate surface area is 269 Å². The first-order valence-electron chi connectivity index (χ1n) is 14.9. The topological polar surface area (TPSA) is 96.2 Å². The number of methoxy groups -OCH3 is 1. The SMILES string of the molecule is CCOC(=O)C(C)(C)Cc1c(C(=O)C(C)(C)C)c2cc(OCc3ncc(C)c(OC)c3C)ccn2c1C(=O)c1ccc(Cl)cc1. The van der Waals surface area contributed by atoms with Gasteiger partial charge in [0.1, 0.15) is 18.1 Å². The molecule has 0 spiro atoms. The third-order valence-corrected chi connectivity index (χ3v) is 8.06. The number of fused-ring (bicyclic) bond motifs is 1. The van der Waals surface area contributed by atoms with Gasteiger partial charge in [-0.15, -0.1) is 0 Å². The fraction of sp³-hybridized carbons (Fsp3) is 0.389. The molecular formula is C36H41ClN2O6. The molecule has 0 aliphatic heterocycles. The van der Waals surface area contributed by atoms with Crippen molar-refractivity contribution in [3.05, 3.63) is 93.0 Å². The molecule has 0 amide bonds. The van der Waals surface area contributed by atoms with Gasteiger partial charge in [0.05, 0.1) is 36.0 Å². The zero-order valence-corrected chi connectivity index (χ0v) is 28.2. The van der Waals surface area contributed by atoms with Crippen LogP contribution in [0.5, 0.6) is 11.5 Å². The smallest absolute Gasteiger partial charge is 0.311 e. The summed E-state index contributed by atoms with van der Waals surface area (Å²) in [4.78, 5) is 46.1. The highest BCUT2D eigenvalue weighted by molar-refractivity contribution is 6.30. The molecule has 0 saturated carbocycles. The maximum atomic E-state index is 14.2. The van der Waals surface area contributed by atoms with Crippen molar-refractivity contribution < 1.29 is 28.6 Å². The second-order valence-electron chi connectivity index (χ2n) is 12.9. The Morgan fingerprint density at radius 2 is 1.67 bits per heavy atom. The summed E-state index contributed by atoms with van der Waals surface area (Å²) in [5.41, 5.74) is 2.75. The van der Waals surface area contributed by atoms with Gasteiger partial charge in [0, 0.05) is 51.2 Å². The van der Waals surface area contributed by atoms with E-state index in [1.807, 2.05) is 34.6 Å². The first-order chi connectivity index (χ1) is 21.1. The van der Waals surface area contributed by atoms with Crippen LogP contribution in [0.25, 0.3) is 5.52 Å². The quantitative estimate of drug-likeness (QED) is 0.123. The molecule has 3 heterocycles. The van der Waals surface area contributed by atoms with Crippen LogP contribution < -0.4 is 9.47 Å². The molecular weight excluding hydrogens is 592 g/mol. The first-order valence-corrected chi connectivity index (χ1v) is 15.3. The van der Waals surface area contributed by atoms with Crippen molar-refractivity contribution in [2.24, 2.45) is 10.8 Å². The van der Waals surface area contributed by atoms with E-state index >= 15 is 0 Å². The molecule has 0 unspecified atom stereocenters. The predicted molar refractivity (Wildman–Crippen MR) is 175 cm³/mol. The highest BCUT2D eigenvalue weighted by Crippen LogP contribution is 2.38. The van der Waals surface area contributed by atoms with Gasteiger partial charge in [-0.25, -0.2) is 0 Å². The van der Waals surface area contributed by atoms with Crippen molar-refractivity contribution in [2.75, 3.05) is 13.7 Å². The van der Waals surface area contributed by atoms with Gasteiger partial charge in [-0.2, -0.15) is 0 Å². The van der Waals surface area contributed by atoms with Gasteiger partial charge in [0.15, 0.2) is 5.78 Å². The summed E-state index contributed by atoms with van der Waals surface area (Å²) >= 11 is 6.12. The number of rotatable bonds is 11. The number of pyridine rings is 2. The van der Waals surface area contributed by atoms with E-state index in [2.05, 4.69) is 4.98 Å². The number of ketones is 2. The summed E-state index contributed by atoms with van der Waals surface area (Å²) < 4.78 is 18.8. The molecule has 0 aliphatic rings. The summed E-state index contributed by atoms with van der Waals surface area (Å²) in [5.74, 6) is 0.361. The van der Waals surface area contributed by atoms with Crippen LogP contribution in [-0.4, -0.2) is 40.6 Å². The van der Waals surface area contributed by atoms with Crippen LogP contribution in [0.4, 0.5) is 0 Å². The molecule has 9 heteroatoms. The van der Waals surface area contributed by atoms with Gasteiger partial charge < -0.3 is 18.6 Å².